The molecule has 2 heterocycles. The number of pyridine rings is 1. The first-order chi connectivity index (χ1) is 7.31. The summed E-state index contributed by atoms with van der Waals surface area (Å²) in [5.41, 5.74) is 0. The van der Waals surface area contributed by atoms with Gasteiger partial charge in [-0.1, -0.05) is 13.0 Å². The minimum Gasteiger partial charge on any atom is -0.354 e. The van der Waals surface area contributed by atoms with Gasteiger partial charge in [-0.2, -0.15) is 4.39 Å². The zero-order valence-corrected chi connectivity index (χ0v) is 9.12. The normalized spacial score (nSPS) is 21.7. The van der Waals surface area contributed by atoms with Gasteiger partial charge in [0.25, 0.3) is 0 Å². The van der Waals surface area contributed by atoms with Crippen LogP contribution in [0.2, 0.25) is 0 Å². The van der Waals surface area contributed by atoms with E-state index in [1.165, 1.54) is 25.3 Å². The minimum absolute atomic E-state index is 0.382. The summed E-state index contributed by atoms with van der Waals surface area (Å²) in [4.78, 5) is 6.20. The van der Waals surface area contributed by atoms with Crippen molar-refractivity contribution >= 4 is 5.82 Å². The van der Waals surface area contributed by atoms with E-state index in [1.54, 1.807) is 6.07 Å². The molecule has 2 rings (SSSR count). The molecule has 15 heavy (non-hydrogen) atoms. The number of anilines is 1. The highest BCUT2D eigenvalue weighted by Gasteiger charge is 2.21. The third-order valence-electron chi connectivity index (χ3n) is 3.09. The van der Waals surface area contributed by atoms with Gasteiger partial charge in [-0.3, -0.25) is 0 Å². The maximum atomic E-state index is 13.0. The largest absolute Gasteiger partial charge is 0.354 e. The predicted molar refractivity (Wildman–Crippen MR) is 59.5 cm³/mol. The van der Waals surface area contributed by atoms with E-state index in [0.29, 0.717) is 6.04 Å². The molecule has 0 bridgehead atoms. The first-order valence-corrected chi connectivity index (χ1v) is 5.70. The van der Waals surface area contributed by atoms with Crippen LogP contribution in [0.1, 0.15) is 32.6 Å². The maximum Gasteiger partial charge on any atom is 0.214 e. The van der Waals surface area contributed by atoms with Gasteiger partial charge >= 0.3 is 0 Å². The number of aromatic nitrogens is 1. The lowest BCUT2D eigenvalue weighted by atomic mass is 10.00. The number of nitrogens with zero attached hydrogens (tertiary/aromatic N) is 2. The van der Waals surface area contributed by atoms with Crippen LogP contribution >= 0.6 is 0 Å². The molecule has 0 spiro atoms. The molecule has 0 N–H and O–H groups in total. The van der Waals surface area contributed by atoms with Crippen molar-refractivity contribution in [2.75, 3.05) is 11.4 Å². The van der Waals surface area contributed by atoms with Crippen molar-refractivity contribution in [2.24, 2.45) is 0 Å². The molecule has 0 aromatic carbocycles. The lowest BCUT2D eigenvalue weighted by Gasteiger charge is -2.36. The fraction of sp³-hybridized carbons (Fsp3) is 0.583. The van der Waals surface area contributed by atoms with E-state index >= 15 is 0 Å². The lowest BCUT2D eigenvalue weighted by molar-refractivity contribution is 0.444. The lowest BCUT2D eigenvalue weighted by Crippen LogP contribution is -2.39. The van der Waals surface area contributed by atoms with Gasteiger partial charge < -0.3 is 4.90 Å². The van der Waals surface area contributed by atoms with Crippen molar-refractivity contribution in [2.45, 2.75) is 38.6 Å². The van der Waals surface area contributed by atoms with Gasteiger partial charge in [0.15, 0.2) is 0 Å². The topological polar surface area (TPSA) is 16.1 Å². The summed E-state index contributed by atoms with van der Waals surface area (Å²) >= 11 is 0. The van der Waals surface area contributed by atoms with E-state index in [1.807, 2.05) is 6.07 Å². The molecular weight excluding hydrogens is 191 g/mol. The molecule has 1 fully saturated rings. The Morgan fingerprint density at radius 1 is 1.47 bits per heavy atom. The summed E-state index contributed by atoms with van der Waals surface area (Å²) in [5.74, 6) is 0.412. The molecule has 1 aromatic rings. The standard InChI is InChI=1S/C12H17FN2/c1-2-10-6-3-4-9-15(10)12-8-5-7-11(13)14-12/h5,7-8,10H,2-4,6,9H2,1H3. The van der Waals surface area contributed by atoms with E-state index < -0.39 is 0 Å². The van der Waals surface area contributed by atoms with Crippen LogP contribution in [0.25, 0.3) is 0 Å². The van der Waals surface area contributed by atoms with Crippen molar-refractivity contribution in [1.82, 2.24) is 4.98 Å². The molecule has 1 saturated heterocycles. The Hall–Kier alpha value is -1.12. The van der Waals surface area contributed by atoms with Crippen LogP contribution in [0.15, 0.2) is 18.2 Å². The average Bonchev–Trinajstić information content (AvgIpc) is 2.29. The third-order valence-corrected chi connectivity index (χ3v) is 3.09. The van der Waals surface area contributed by atoms with Crippen molar-refractivity contribution in [1.29, 1.82) is 0 Å². The SMILES string of the molecule is CCC1CCCCN1c1cccc(F)n1. The average molecular weight is 208 g/mol. The molecule has 1 aromatic heterocycles. The van der Waals surface area contributed by atoms with Crippen LogP contribution in [-0.4, -0.2) is 17.6 Å². The molecule has 0 aliphatic carbocycles. The molecule has 1 aliphatic rings. The first-order valence-electron chi connectivity index (χ1n) is 5.70. The summed E-state index contributed by atoms with van der Waals surface area (Å²) in [6.45, 7) is 3.19. The molecule has 0 radical (unpaired) electrons. The van der Waals surface area contributed by atoms with Crippen LogP contribution in [0.5, 0.6) is 0 Å². The summed E-state index contributed by atoms with van der Waals surface area (Å²) in [6, 6.07) is 5.57. The fourth-order valence-corrected chi connectivity index (χ4v) is 2.28. The van der Waals surface area contributed by atoms with E-state index in [-0.39, 0.29) is 5.95 Å². The highest BCUT2D eigenvalue weighted by atomic mass is 19.1. The summed E-state index contributed by atoms with van der Waals surface area (Å²) in [5, 5.41) is 0. The van der Waals surface area contributed by atoms with Gasteiger partial charge in [0.2, 0.25) is 5.95 Å². The summed E-state index contributed by atoms with van der Waals surface area (Å²) in [7, 11) is 0. The van der Waals surface area contributed by atoms with Crippen LogP contribution in [0.4, 0.5) is 10.2 Å². The van der Waals surface area contributed by atoms with E-state index in [0.717, 1.165) is 18.8 Å². The molecule has 1 atom stereocenters. The van der Waals surface area contributed by atoms with Crippen molar-refractivity contribution < 1.29 is 4.39 Å². The molecule has 0 amide bonds. The molecule has 1 aliphatic heterocycles. The highest BCUT2D eigenvalue weighted by Crippen LogP contribution is 2.24. The van der Waals surface area contributed by atoms with Crippen molar-refractivity contribution in [3.05, 3.63) is 24.1 Å². The second-order valence-corrected chi connectivity index (χ2v) is 4.07. The Kier molecular flexibility index (Phi) is 3.19. The van der Waals surface area contributed by atoms with Gasteiger partial charge in [0, 0.05) is 12.6 Å². The highest BCUT2D eigenvalue weighted by molar-refractivity contribution is 5.39. The minimum atomic E-state index is -0.382. The number of rotatable bonds is 2. The summed E-state index contributed by atoms with van der Waals surface area (Å²) < 4.78 is 13.0. The Labute approximate surface area is 90.1 Å². The third kappa shape index (κ3) is 2.28. The zero-order valence-electron chi connectivity index (χ0n) is 9.12. The van der Waals surface area contributed by atoms with Crippen LogP contribution in [0.3, 0.4) is 0 Å². The smallest absolute Gasteiger partial charge is 0.214 e. The Balaban J connectivity index is 2.20. The van der Waals surface area contributed by atoms with E-state index in [2.05, 4.69) is 16.8 Å². The maximum absolute atomic E-state index is 13.0. The zero-order chi connectivity index (χ0) is 10.7. The van der Waals surface area contributed by atoms with Crippen molar-refractivity contribution in [3.8, 4) is 0 Å². The number of hydrogen-bond donors (Lipinski definition) is 0. The number of piperidine rings is 1. The van der Waals surface area contributed by atoms with Crippen LogP contribution in [-0.2, 0) is 0 Å². The first kappa shape index (κ1) is 10.4. The second kappa shape index (κ2) is 4.60. The van der Waals surface area contributed by atoms with E-state index in [9.17, 15) is 4.39 Å². The van der Waals surface area contributed by atoms with Gasteiger partial charge in [0.1, 0.15) is 5.82 Å². The fourth-order valence-electron chi connectivity index (χ4n) is 2.28. The quantitative estimate of drug-likeness (QED) is 0.694. The molecule has 1 unspecified atom stereocenters. The van der Waals surface area contributed by atoms with Crippen molar-refractivity contribution in [3.63, 3.8) is 0 Å². The van der Waals surface area contributed by atoms with E-state index in [4.69, 9.17) is 0 Å². The molecule has 0 saturated carbocycles. The van der Waals surface area contributed by atoms with Gasteiger partial charge in [0.05, 0.1) is 0 Å². The molecule has 82 valence electrons. The number of hydrogen-bond acceptors (Lipinski definition) is 2. The number of halogens is 1. The van der Waals surface area contributed by atoms with Gasteiger partial charge in [-0.05, 0) is 37.8 Å². The van der Waals surface area contributed by atoms with Gasteiger partial charge in [-0.25, -0.2) is 4.98 Å². The van der Waals surface area contributed by atoms with Gasteiger partial charge in [-0.15, -0.1) is 0 Å². The molecule has 2 nitrogen and oxygen atoms in total. The Morgan fingerprint density at radius 2 is 2.33 bits per heavy atom. The Morgan fingerprint density at radius 3 is 3.07 bits per heavy atom. The van der Waals surface area contributed by atoms with Crippen LogP contribution < -0.4 is 4.90 Å². The monoisotopic (exact) mass is 208 g/mol. The Bertz CT molecular complexity index is 327. The molecular formula is C12H17FN2. The summed E-state index contributed by atoms with van der Waals surface area (Å²) in [6.07, 6.45) is 4.78. The second-order valence-electron chi connectivity index (χ2n) is 4.07. The molecule has 3 heteroatoms. The predicted octanol–water partition coefficient (Wildman–Crippen LogP) is 2.99. The van der Waals surface area contributed by atoms with Crippen LogP contribution in [0, 0.1) is 5.95 Å².